The van der Waals surface area contributed by atoms with Gasteiger partial charge in [-0.3, -0.25) is 9.35 Å². The van der Waals surface area contributed by atoms with Gasteiger partial charge in [-0.15, -0.1) is 5.11 Å². The summed E-state index contributed by atoms with van der Waals surface area (Å²) in [5, 5.41) is 25.1. The molecule has 0 heterocycles. The van der Waals surface area contributed by atoms with Gasteiger partial charge in [-0.2, -0.15) is 13.5 Å². The Balaban J connectivity index is 0.00000420. The number of carbonyl (C=O) groups is 1. The van der Waals surface area contributed by atoms with Crippen LogP contribution in [0.15, 0.2) is 75.8 Å². The smallest absolute Gasteiger partial charge is 0.870 e. The van der Waals surface area contributed by atoms with Crippen LogP contribution in [0.3, 0.4) is 0 Å². The number of carbonyl (C=O) groups excluding carboxylic acids is 1. The van der Waals surface area contributed by atoms with E-state index in [4.69, 9.17) is 27.9 Å². The first-order valence-electron chi connectivity index (χ1n) is 11.2. The van der Waals surface area contributed by atoms with Crippen molar-refractivity contribution in [3.8, 4) is 11.5 Å². The number of aryl methyl sites for hydroxylation is 1. The fraction of sp³-hybridized carbons (Fsp3) is 0.115. The molecule has 13 heteroatoms. The van der Waals surface area contributed by atoms with Crippen molar-refractivity contribution in [1.29, 1.82) is 0 Å². The number of hydrogen-bond donors (Lipinski definition) is 2. The number of nitrogens with one attached hydrogen (secondary N) is 1. The normalized spacial score (nSPS) is 11.4. The van der Waals surface area contributed by atoms with E-state index in [1.807, 2.05) is 6.92 Å². The quantitative estimate of drug-likeness (QED) is 0.189. The van der Waals surface area contributed by atoms with Crippen LogP contribution < -0.4 is 44.7 Å². The Kier molecular flexibility index (Phi) is 10.0. The molecule has 0 aromatic heterocycles. The van der Waals surface area contributed by atoms with Gasteiger partial charge in [-0.1, -0.05) is 59.3 Å². The van der Waals surface area contributed by atoms with Crippen LogP contribution in [0, 0.1) is 6.92 Å². The maximum absolute atomic E-state index is 13.4. The Hall–Kier alpha value is -2.70. The summed E-state index contributed by atoms with van der Waals surface area (Å²) in [6, 6.07) is 15.3. The fourth-order valence-corrected chi connectivity index (χ4v) is 4.80. The Morgan fingerprint density at radius 3 is 2.41 bits per heavy atom. The largest absolute Gasteiger partial charge is 1.00 e. The molecule has 1 amide bonds. The van der Waals surface area contributed by atoms with Gasteiger partial charge in [-0.25, -0.2) is 0 Å². The number of ether oxygens (including phenoxy) is 1. The molecule has 0 saturated heterocycles. The van der Waals surface area contributed by atoms with E-state index in [0.717, 1.165) is 6.07 Å². The molecule has 9 nitrogen and oxygen atoms in total. The third-order valence-corrected chi connectivity index (χ3v) is 7.17. The van der Waals surface area contributed by atoms with Crippen LogP contribution in [-0.2, 0) is 10.1 Å². The summed E-state index contributed by atoms with van der Waals surface area (Å²) in [6.07, 6.45) is 0. The van der Waals surface area contributed by atoms with E-state index >= 15 is 0 Å². The molecule has 0 bridgehead atoms. The summed E-state index contributed by atoms with van der Waals surface area (Å²) in [7, 11) is -4.70. The van der Waals surface area contributed by atoms with Crippen molar-refractivity contribution in [2.24, 2.45) is 10.2 Å². The fourth-order valence-electron chi connectivity index (χ4n) is 3.68. The molecule has 0 aliphatic rings. The monoisotopic (exact) mass is 595 g/mol. The summed E-state index contributed by atoms with van der Waals surface area (Å²) >= 11 is 12.5. The maximum Gasteiger partial charge on any atom is 1.00 e. The number of azo groups is 1. The number of rotatable bonds is 7. The average molecular weight is 596 g/mol. The number of halogens is 2. The Bertz CT molecular complexity index is 1710. The molecule has 0 unspecified atom stereocenters. The van der Waals surface area contributed by atoms with Crippen LogP contribution in [0.25, 0.3) is 10.8 Å². The Morgan fingerprint density at radius 1 is 1.05 bits per heavy atom. The van der Waals surface area contributed by atoms with Gasteiger partial charge in [0.25, 0.3) is 16.0 Å². The van der Waals surface area contributed by atoms with Crippen molar-refractivity contribution >= 4 is 67.1 Å². The molecule has 0 spiro atoms. The molecule has 0 saturated carbocycles. The van der Waals surface area contributed by atoms with E-state index in [0.29, 0.717) is 34.4 Å². The second kappa shape index (κ2) is 12.6. The summed E-state index contributed by atoms with van der Waals surface area (Å²) in [5.74, 6) is -1.02. The molecule has 0 atom stereocenters. The van der Waals surface area contributed by atoms with Crippen molar-refractivity contribution in [2.45, 2.75) is 18.7 Å². The third kappa shape index (κ3) is 6.72. The van der Waals surface area contributed by atoms with Crippen molar-refractivity contribution in [3.05, 3.63) is 81.8 Å². The summed E-state index contributed by atoms with van der Waals surface area (Å²) in [5.41, 5.74) is 0.0345. The predicted molar refractivity (Wildman–Crippen MR) is 144 cm³/mol. The Labute approximate surface area is 256 Å². The summed E-state index contributed by atoms with van der Waals surface area (Å²) in [4.78, 5) is 12.5. The number of fused-ring (bicyclic) bond motifs is 1. The van der Waals surface area contributed by atoms with E-state index in [9.17, 15) is 22.9 Å². The second-order valence-corrected chi connectivity index (χ2v) is 10.2. The number of nitrogens with zero attached hydrogens (tertiary/aromatic N) is 2. The summed E-state index contributed by atoms with van der Waals surface area (Å²) < 4.78 is 38.7. The van der Waals surface area contributed by atoms with Gasteiger partial charge in [-0.05, 0) is 55.1 Å². The first kappa shape index (κ1) is 30.8. The third-order valence-electron chi connectivity index (χ3n) is 5.51. The molecule has 4 rings (SSSR count). The molecule has 4 aromatic rings. The maximum atomic E-state index is 13.4. The SMILES string of the molecule is CCOc1ccc(NC(=O)c2cc3ccccc3c(N=Nc3c(S(=O)(=O)O)ccc(C)c3Cl)c2[O-])cc1Cl.[Na+]. The molecule has 196 valence electrons. The van der Waals surface area contributed by atoms with Crippen LogP contribution in [0.1, 0.15) is 22.8 Å². The summed E-state index contributed by atoms with van der Waals surface area (Å²) in [6.45, 7) is 3.84. The van der Waals surface area contributed by atoms with Crippen LogP contribution in [0.2, 0.25) is 10.0 Å². The average Bonchev–Trinajstić information content (AvgIpc) is 2.86. The molecule has 2 N–H and O–H groups in total. The minimum atomic E-state index is -4.70. The second-order valence-electron chi connectivity index (χ2n) is 8.07. The zero-order chi connectivity index (χ0) is 27.6. The molecular weight excluding hydrogens is 576 g/mol. The predicted octanol–water partition coefficient (Wildman–Crippen LogP) is 3.85. The van der Waals surface area contributed by atoms with Gasteiger partial charge < -0.3 is 15.2 Å². The molecule has 0 radical (unpaired) electrons. The standard InChI is InChI=1S/C26H21Cl2N3O6S.Na/c1-3-37-20-10-9-16(13-19(20)27)29-26(33)18-12-15-6-4-5-7-17(15)23(25(18)32)30-31-24-21(38(34,35)36)11-8-14(2)22(24)28;/h4-13,32H,3H2,1-2H3,(H,29,33)(H,34,35,36);/q;+1/p-1. The van der Waals surface area contributed by atoms with Crippen LogP contribution in [-0.4, -0.2) is 25.5 Å². The Morgan fingerprint density at radius 2 is 1.74 bits per heavy atom. The van der Waals surface area contributed by atoms with E-state index in [1.54, 1.807) is 43.3 Å². The van der Waals surface area contributed by atoms with Gasteiger partial charge in [0.1, 0.15) is 16.3 Å². The number of amides is 1. The van der Waals surface area contributed by atoms with Crippen LogP contribution in [0.5, 0.6) is 11.5 Å². The van der Waals surface area contributed by atoms with E-state index in [1.165, 1.54) is 18.2 Å². The van der Waals surface area contributed by atoms with E-state index < -0.39 is 26.7 Å². The molecule has 0 fully saturated rings. The van der Waals surface area contributed by atoms with Crippen LogP contribution >= 0.6 is 23.2 Å². The minimum Gasteiger partial charge on any atom is -0.870 e. The van der Waals surface area contributed by atoms with Gasteiger partial charge in [0, 0.05) is 16.6 Å². The molecule has 39 heavy (non-hydrogen) atoms. The van der Waals surface area contributed by atoms with Gasteiger partial charge in [0.2, 0.25) is 0 Å². The van der Waals surface area contributed by atoms with Crippen LogP contribution in [0.4, 0.5) is 17.1 Å². The van der Waals surface area contributed by atoms with Gasteiger partial charge in [0.05, 0.1) is 22.3 Å². The number of benzene rings is 4. The van der Waals surface area contributed by atoms with Crippen molar-refractivity contribution in [3.63, 3.8) is 0 Å². The zero-order valence-electron chi connectivity index (χ0n) is 21.0. The molecule has 4 aromatic carbocycles. The van der Waals surface area contributed by atoms with Crippen molar-refractivity contribution < 1.29 is 57.2 Å². The minimum absolute atomic E-state index is 0. The first-order valence-corrected chi connectivity index (χ1v) is 13.4. The van der Waals surface area contributed by atoms with Crippen molar-refractivity contribution in [2.75, 3.05) is 11.9 Å². The number of anilines is 1. The molecular formula is C26H20Cl2N3NaO6S. The van der Waals surface area contributed by atoms with Gasteiger partial charge >= 0.3 is 29.6 Å². The molecule has 0 aliphatic carbocycles. The molecule has 0 aliphatic heterocycles. The van der Waals surface area contributed by atoms with Gasteiger partial charge in [0.15, 0.2) is 0 Å². The number of hydrogen-bond acceptors (Lipinski definition) is 7. The van der Waals surface area contributed by atoms with E-state index in [-0.39, 0.29) is 56.5 Å². The van der Waals surface area contributed by atoms with Crippen molar-refractivity contribution in [1.82, 2.24) is 0 Å². The van der Waals surface area contributed by atoms with E-state index in [2.05, 4.69) is 15.5 Å². The first-order chi connectivity index (χ1) is 18.0. The topological polar surface area (TPSA) is 140 Å². The zero-order valence-corrected chi connectivity index (χ0v) is 25.4.